The lowest BCUT2D eigenvalue weighted by atomic mass is 10.1. The number of carbonyl (C=O) groups excluding carboxylic acids is 1. The molecule has 0 bridgehead atoms. The van der Waals surface area contributed by atoms with E-state index in [1.54, 1.807) is 12.1 Å². The molecule has 2 atom stereocenters. The fourth-order valence-electron chi connectivity index (χ4n) is 3.31. The highest BCUT2D eigenvalue weighted by Crippen LogP contribution is 2.39. The van der Waals surface area contributed by atoms with Crippen molar-refractivity contribution >= 4 is 32.7 Å². The quantitative estimate of drug-likeness (QED) is 0.795. The molecule has 0 radical (unpaired) electrons. The number of benzene rings is 1. The van der Waals surface area contributed by atoms with Gasteiger partial charge in [-0.1, -0.05) is 23.9 Å². The van der Waals surface area contributed by atoms with Crippen molar-refractivity contribution in [3.05, 3.63) is 35.6 Å². The second-order valence-electron chi connectivity index (χ2n) is 6.88. The van der Waals surface area contributed by atoms with Crippen molar-refractivity contribution in [2.45, 2.75) is 30.6 Å². The van der Waals surface area contributed by atoms with Crippen LogP contribution in [-0.4, -0.2) is 53.7 Å². The molecule has 134 valence electrons. The van der Waals surface area contributed by atoms with Crippen LogP contribution in [0.2, 0.25) is 0 Å². The van der Waals surface area contributed by atoms with E-state index in [1.807, 2.05) is 4.90 Å². The van der Waals surface area contributed by atoms with E-state index in [0.29, 0.717) is 18.1 Å². The Kier molecular flexibility index (Phi) is 4.35. The minimum absolute atomic E-state index is 0.0519. The summed E-state index contributed by atoms with van der Waals surface area (Å²) in [6.45, 7) is 0.575. The smallest absolute Gasteiger partial charge is 0.251 e. The lowest BCUT2D eigenvalue weighted by Crippen LogP contribution is -2.39. The number of carbonyl (C=O) groups is 1. The van der Waals surface area contributed by atoms with Crippen molar-refractivity contribution in [1.29, 1.82) is 0 Å². The lowest BCUT2D eigenvalue weighted by Gasteiger charge is -2.24. The molecule has 1 aliphatic carbocycles. The van der Waals surface area contributed by atoms with Crippen molar-refractivity contribution in [2.24, 2.45) is 10.9 Å². The van der Waals surface area contributed by atoms with Crippen LogP contribution in [0.4, 0.5) is 4.39 Å². The number of thioether (sulfide) groups is 1. The van der Waals surface area contributed by atoms with Gasteiger partial charge in [0, 0.05) is 17.7 Å². The van der Waals surface area contributed by atoms with Gasteiger partial charge < -0.3 is 4.90 Å². The van der Waals surface area contributed by atoms with E-state index in [2.05, 4.69) is 4.99 Å². The summed E-state index contributed by atoms with van der Waals surface area (Å²) in [6, 6.07) is 6.17. The van der Waals surface area contributed by atoms with Crippen molar-refractivity contribution in [2.75, 3.05) is 18.1 Å². The van der Waals surface area contributed by atoms with Crippen LogP contribution in [0, 0.1) is 11.7 Å². The Balaban J connectivity index is 1.52. The van der Waals surface area contributed by atoms with Crippen LogP contribution in [0.3, 0.4) is 0 Å². The number of rotatable bonds is 4. The molecule has 1 amide bonds. The van der Waals surface area contributed by atoms with Crippen LogP contribution in [0.5, 0.6) is 0 Å². The number of halogens is 1. The minimum Gasteiger partial charge on any atom is -0.346 e. The van der Waals surface area contributed by atoms with Crippen molar-refractivity contribution in [3.8, 4) is 0 Å². The van der Waals surface area contributed by atoms with Crippen molar-refractivity contribution in [3.63, 3.8) is 0 Å². The summed E-state index contributed by atoms with van der Waals surface area (Å²) >= 11 is 1.42. The average Bonchev–Trinajstić information content (AvgIpc) is 3.29. The largest absolute Gasteiger partial charge is 0.346 e. The molecule has 4 rings (SSSR count). The number of amides is 1. The Labute approximate surface area is 150 Å². The minimum atomic E-state index is -3.03. The zero-order valence-electron chi connectivity index (χ0n) is 13.6. The summed E-state index contributed by atoms with van der Waals surface area (Å²) in [5.74, 6) is -0.0513. The first-order valence-corrected chi connectivity index (χ1v) is 11.1. The maximum Gasteiger partial charge on any atom is 0.251 e. The number of sulfone groups is 1. The van der Waals surface area contributed by atoms with Crippen LogP contribution in [-0.2, 0) is 21.1 Å². The van der Waals surface area contributed by atoms with Gasteiger partial charge in [0.2, 0.25) is 0 Å². The van der Waals surface area contributed by atoms with E-state index in [4.69, 9.17) is 0 Å². The molecule has 5 nitrogen and oxygen atoms in total. The van der Waals surface area contributed by atoms with Gasteiger partial charge in [-0.2, -0.15) is 4.99 Å². The van der Waals surface area contributed by atoms with Crippen LogP contribution < -0.4 is 0 Å². The Bertz CT molecular complexity index is 819. The predicted octanol–water partition coefficient (Wildman–Crippen LogP) is 1.88. The van der Waals surface area contributed by atoms with Gasteiger partial charge in [0.25, 0.3) is 5.91 Å². The topological polar surface area (TPSA) is 66.8 Å². The Morgan fingerprint density at radius 3 is 2.64 bits per heavy atom. The molecule has 25 heavy (non-hydrogen) atoms. The number of hydrogen-bond acceptors (Lipinski definition) is 4. The molecule has 0 unspecified atom stereocenters. The third-order valence-corrected chi connectivity index (χ3v) is 8.11. The van der Waals surface area contributed by atoms with Gasteiger partial charge in [-0.05, 0) is 37.0 Å². The molecule has 0 N–H and O–H groups in total. The molecule has 3 aliphatic rings. The Hall–Kier alpha value is -1.41. The molecule has 3 fully saturated rings. The highest BCUT2D eigenvalue weighted by atomic mass is 32.2. The molecule has 1 aromatic rings. The zero-order chi connectivity index (χ0) is 17.6. The van der Waals surface area contributed by atoms with Crippen molar-refractivity contribution in [1.82, 2.24) is 4.90 Å². The third kappa shape index (κ3) is 3.74. The van der Waals surface area contributed by atoms with Crippen LogP contribution in [0.1, 0.15) is 18.4 Å². The van der Waals surface area contributed by atoms with Gasteiger partial charge in [-0.15, -0.1) is 0 Å². The lowest BCUT2D eigenvalue weighted by molar-refractivity contribution is -0.118. The number of aliphatic imine (C=N–C) groups is 1. The van der Waals surface area contributed by atoms with E-state index in [1.165, 1.54) is 23.9 Å². The molecule has 1 saturated carbocycles. The third-order valence-electron chi connectivity index (χ3n) is 4.86. The molecule has 8 heteroatoms. The van der Waals surface area contributed by atoms with Gasteiger partial charge in [0.1, 0.15) is 5.82 Å². The first-order chi connectivity index (χ1) is 11.9. The molecule has 2 heterocycles. The highest BCUT2D eigenvalue weighted by Gasteiger charge is 2.48. The summed E-state index contributed by atoms with van der Waals surface area (Å²) in [5, 5.41) is 0.605. The summed E-state index contributed by atoms with van der Waals surface area (Å²) in [5.41, 5.74) is 0.976. The SMILES string of the molecule is O=C(N=C1S[C@H]2CS(=O)(=O)C[C@H]2N1CCc1ccc(F)cc1)C1CC1. The molecule has 2 aliphatic heterocycles. The highest BCUT2D eigenvalue weighted by molar-refractivity contribution is 8.15. The van der Waals surface area contributed by atoms with E-state index in [-0.39, 0.29) is 40.4 Å². The summed E-state index contributed by atoms with van der Waals surface area (Å²) in [4.78, 5) is 18.3. The van der Waals surface area contributed by atoms with Crippen LogP contribution in [0.25, 0.3) is 0 Å². The maximum atomic E-state index is 13.0. The summed E-state index contributed by atoms with van der Waals surface area (Å²) in [7, 11) is -3.03. The van der Waals surface area contributed by atoms with Gasteiger partial charge >= 0.3 is 0 Å². The molecule has 1 aromatic carbocycles. The summed E-state index contributed by atoms with van der Waals surface area (Å²) in [6.07, 6.45) is 2.45. The fourth-order valence-corrected chi connectivity index (χ4v) is 7.30. The normalized spacial score (nSPS) is 29.2. The summed E-state index contributed by atoms with van der Waals surface area (Å²) < 4.78 is 37.0. The molecule has 0 aromatic heterocycles. The molecule has 0 spiro atoms. The van der Waals surface area contributed by atoms with Crippen molar-refractivity contribution < 1.29 is 17.6 Å². The zero-order valence-corrected chi connectivity index (χ0v) is 15.2. The average molecular weight is 382 g/mol. The van der Waals surface area contributed by atoms with E-state index < -0.39 is 9.84 Å². The van der Waals surface area contributed by atoms with Gasteiger partial charge in [0.15, 0.2) is 15.0 Å². The van der Waals surface area contributed by atoms with E-state index >= 15 is 0 Å². The van der Waals surface area contributed by atoms with E-state index in [9.17, 15) is 17.6 Å². The molecule has 2 saturated heterocycles. The van der Waals surface area contributed by atoms with E-state index in [0.717, 1.165) is 18.4 Å². The van der Waals surface area contributed by atoms with Crippen LogP contribution >= 0.6 is 11.8 Å². The first kappa shape index (κ1) is 17.0. The molecular weight excluding hydrogens is 363 g/mol. The number of nitrogens with zero attached hydrogens (tertiary/aromatic N) is 2. The van der Waals surface area contributed by atoms with Gasteiger partial charge in [-0.25, -0.2) is 12.8 Å². The number of hydrogen-bond donors (Lipinski definition) is 0. The second kappa shape index (κ2) is 6.39. The predicted molar refractivity (Wildman–Crippen MR) is 95.8 cm³/mol. The monoisotopic (exact) mass is 382 g/mol. The van der Waals surface area contributed by atoms with Gasteiger partial charge in [-0.3, -0.25) is 4.79 Å². The second-order valence-corrected chi connectivity index (χ2v) is 10.2. The maximum absolute atomic E-state index is 13.0. The van der Waals surface area contributed by atoms with Crippen LogP contribution in [0.15, 0.2) is 29.3 Å². The fraction of sp³-hybridized carbons (Fsp3) is 0.529. The Morgan fingerprint density at radius 1 is 1.24 bits per heavy atom. The Morgan fingerprint density at radius 2 is 1.96 bits per heavy atom. The molecular formula is C17H19FN2O3S2. The number of fused-ring (bicyclic) bond motifs is 1. The van der Waals surface area contributed by atoms with Gasteiger partial charge in [0.05, 0.1) is 17.5 Å². The first-order valence-electron chi connectivity index (χ1n) is 8.42. The standard InChI is InChI=1S/C17H19FN2O3S2/c18-13-5-1-11(2-6-13)7-8-20-14-9-25(22,23)10-15(14)24-17(20)19-16(21)12-3-4-12/h1-2,5-6,12,14-15H,3-4,7-10H2/t14-,15+/m1/s1. The number of amidine groups is 1.